The van der Waals surface area contributed by atoms with Crippen LogP contribution in [0.25, 0.3) is 10.9 Å². The number of benzene rings is 1. The van der Waals surface area contributed by atoms with Gasteiger partial charge in [-0.05, 0) is 42.7 Å². The first-order valence-corrected chi connectivity index (χ1v) is 10.9. The van der Waals surface area contributed by atoms with Crippen LogP contribution in [0.3, 0.4) is 0 Å². The van der Waals surface area contributed by atoms with Gasteiger partial charge in [-0.2, -0.15) is 5.10 Å². The average Bonchev–Trinajstić information content (AvgIpc) is 3.59. The number of piperidine rings is 1. The molecule has 8 nitrogen and oxygen atoms in total. The molecule has 3 N–H and O–H groups in total. The molecule has 0 unspecified atom stereocenters. The Balaban J connectivity index is 1.14. The first-order valence-electron chi connectivity index (χ1n) is 10.9. The molecule has 3 aromatic heterocycles. The summed E-state index contributed by atoms with van der Waals surface area (Å²) in [5, 5.41) is 11.1. The number of hydrogen-bond donors (Lipinski definition) is 3. The molecular formula is C24H25N5O3. The number of hydrogen-bond acceptors (Lipinski definition) is 4. The van der Waals surface area contributed by atoms with Gasteiger partial charge in [0, 0.05) is 41.8 Å². The zero-order chi connectivity index (χ0) is 21.9. The van der Waals surface area contributed by atoms with Crippen molar-refractivity contribution in [3.05, 3.63) is 77.6 Å². The van der Waals surface area contributed by atoms with Crippen molar-refractivity contribution in [3.63, 3.8) is 0 Å². The smallest absolute Gasteiger partial charge is 0.272 e. The zero-order valence-electron chi connectivity index (χ0n) is 17.6. The Morgan fingerprint density at radius 3 is 2.81 bits per heavy atom. The quantitative estimate of drug-likeness (QED) is 0.435. The van der Waals surface area contributed by atoms with Crippen molar-refractivity contribution in [2.75, 3.05) is 13.1 Å². The average molecular weight is 431 g/mol. The number of aromatic nitrogens is 3. The van der Waals surface area contributed by atoms with Gasteiger partial charge < -0.3 is 19.6 Å². The first-order chi connectivity index (χ1) is 15.7. The van der Waals surface area contributed by atoms with Crippen LogP contribution < -0.4 is 5.32 Å². The summed E-state index contributed by atoms with van der Waals surface area (Å²) in [5.74, 6) is 0.857. The second-order valence-corrected chi connectivity index (χ2v) is 8.16. The normalized spacial score (nSPS) is 14.7. The largest absolute Gasteiger partial charge is 0.467 e. The van der Waals surface area contributed by atoms with Crippen LogP contribution >= 0.6 is 0 Å². The van der Waals surface area contributed by atoms with Crippen molar-refractivity contribution < 1.29 is 14.0 Å². The van der Waals surface area contributed by atoms with E-state index in [9.17, 15) is 9.59 Å². The van der Waals surface area contributed by atoms with E-state index in [2.05, 4.69) is 20.5 Å². The molecule has 0 saturated carbocycles. The standard InChI is InChI=1S/C24H25N5O3/c30-23(12-17-14-25-20-6-2-1-5-19(17)20)29-9-7-16(8-10-29)21-13-22(28-27-21)24(31)26-15-18-4-3-11-32-18/h1-6,11,13-14,16,25H,7-10,12,15H2,(H,26,31)(H,27,28). The van der Waals surface area contributed by atoms with Gasteiger partial charge in [0.2, 0.25) is 5.91 Å². The highest BCUT2D eigenvalue weighted by molar-refractivity contribution is 5.92. The third-order valence-corrected chi connectivity index (χ3v) is 6.14. The Morgan fingerprint density at radius 1 is 1.16 bits per heavy atom. The number of aromatic amines is 2. The van der Waals surface area contributed by atoms with Crippen LogP contribution in [0.1, 0.15) is 46.3 Å². The minimum Gasteiger partial charge on any atom is -0.467 e. The van der Waals surface area contributed by atoms with Crippen LogP contribution in [0.4, 0.5) is 0 Å². The van der Waals surface area contributed by atoms with E-state index in [0.717, 1.165) is 35.0 Å². The molecule has 4 heterocycles. The third kappa shape index (κ3) is 4.16. The highest BCUT2D eigenvalue weighted by Gasteiger charge is 2.26. The summed E-state index contributed by atoms with van der Waals surface area (Å²) in [5.41, 5.74) is 3.39. The van der Waals surface area contributed by atoms with Crippen molar-refractivity contribution in [2.45, 2.75) is 31.7 Å². The van der Waals surface area contributed by atoms with E-state index in [-0.39, 0.29) is 17.7 Å². The lowest BCUT2D eigenvalue weighted by molar-refractivity contribution is -0.131. The molecule has 5 rings (SSSR count). The molecule has 1 aromatic carbocycles. The van der Waals surface area contributed by atoms with Crippen LogP contribution in [0, 0.1) is 0 Å². The Kier molecular flexibility index (Phi) is 5.49. The molecule has 1 fully saturated rings. The molecule has 4 aromatic rings. The fraction of sp³-hybridized carbons (Fsp3) is 0.292. The van der Waals surface area contributed by atoms with Crippen molar-refractivity contribution in [1.82, 2.24) is 25.4 Å². The Bertz CT molecular complexity index is 1220. The molecule has 0 bridgehead atoms. The number of para-hydroxylation sites is 1. The Morgan fingerprint density at radius 2 is 2.00 bits per heavy atom. The van der Waals surface area contributed by atoms with Gasteiger partial charge in [-0.1, -0.05) is 18.2 Å². The fourth-order valence-corrected chi connectivity index (χ4v) is 4.33. The van der Waals surface area contributed by atoms with Gasteiger partial charge in [0.05, 0.1) is 19.2 Å². The van der Waals surface area contributed by atoms with Crippen LogP contribution in [0.5, 0.6) is 0 Å². The van der Waals surface area contributed by atoms with Crippen LogP contribution in [0.15, 0.2) is 59.3 Å². The molecule has 0 radical (unpaired) electrons. The molecule has 1 aliphatic heterocycles. The summed E-state index contributed by atoms with van der Waals surface area (Å²) in [4.78, 5) is 30.3. The number of amides is 2. The predicted octanol–water partition coefficient (Wildman–Crippen LogP) is 3.36. The molecule has 1 aliphatic rings. The molecule has 0 aliphatic carbocycles. The van der Waals surface area contributed by atoms with Gasteiger partial charge in [0.15, 0.2) is 0 Å². The number of furan rings is 1. The zero-order valence-corrected chi connectivity index (χ0v) is 17.6. The van der Waals surface area contributed by atoms with E-state index in [1.54, 1.807) is 12.3 Å². The molecule has 164 valence electrons. The van der Waals surface area contributed by atoms with E-state index in [4.69, 9.17) is 4.42 Å². The topological polar surface area (TPSA) is 107 Å². The van der Waals surface area contributed by atoms with E-state index >= 15 is 0 Å². The summed E-state index contributed by atoms with van der Waals surface area (Å²) in [6, 6.07) is 13.4. The molecule has 2 amide bonds. The highest BCUT2D eigenvalue weighted by atomic mass is 16.3. The lowest BCUT2D eigenvalue weighted by Crippen LogP contribution is -2.38. The van der Waals surface area contributed by atoms with E-state index < -0.39 is 0 Å². The van der Waals surface area contributed by atoms with E-state index in [1.807, 2.05) is 47.5 Å². The predicted molar refractivity (Wildman–Crippen MR) is 119 cm³/mol. The van der Waals surface area contributed by atoms with Gasteiger partial charge in [-0.3, -0.25) is 14.7 Å². The monoisotopic (exact) mass is 431 g/mol. The number of carbonyl (C=O) groups is 2. The Labute approximate surface area is 185 Å². The van der Waals surface area contributed by atoms with E-state index in [0.29, 0.717) is 37.5 Å². The number of nitrogens with zero attached hydrogens (tertiary/aromatic N) is 2. The molecular weight excluding hydrogens is 406 g/mol. The lowest BCUT2D eigenvalue weighted by atomic mass is 9.93. The van der Waals surface area contributed by atoms with Crippen molar-refractivity contribution >= 4 is 22.7 Å². The minimum atomic E-state index is -0.241. The number of likely N-dealkylation sites (tertiary alicyclic amines) is 1. The van der Waals surface area contributed by atoms with Crippen LogP contribution in [-0.2, 0) is 17.8 Å². The van der Waals surface area contributed by atoms with E-state index in [1.165, 1.54) is 0 Å². The van der Waals surface area contributed by atoms with Gasteiger partial charge in [-0.25, -0.2) is 0 Å². The minimum absolute atomic E-state index is 0.149. The van der Waals surface area contributed by atoms with Crippen molar-refractivity contribution in [2.24, 2.45) is 0 Å². The van der Waals surface area contributed by atoms with Crippen LogP contribution in [-0.4, -0.2) is 45.0 Å². The number of nitrogens with one attached hydrogen (secondary N) is 3. The van der Waals surface area contributed by atoms with Gasteiger partial charge in [0.25, 0.3) is 5.91 Å². The maximum atomic E-state index is 12.8. The molecule has 8 heteroatoms. The molecule has 0 spiro atoms. The molecule has 0 atom stereocenters. The summed E-state index contributed by atoms with van der Waals surface area (Å²) in [7, 11) is 0. The number of carbonyl (C=O) groups excluding carboxylic acids is 2. The summed E-state index contributed by atoms with van der Waals surface area (Å²) < 4.78 is 5.23. The molecule has 1 saturated heterocycles. The third-order valence-electron chi connectivity index (χ3n) is 6.14. The summed E-state index contributed by atoms with van der Waals surface area (Å²) >= 11 is 0. The number of H-pyrrole nitrogens is 2. The maximum absolute atomic E-state index is 12.8. The highest BCUT2D eigenvalue weighted by Crippen LogP contribution is 2.28. The fourth-order valence-electron chi connectivity index (χ4n) is 4.33. The molecule has 32 heavy (non-hydrogen) atoms. The summed E-state index contributed by atoms with van der Waals surface area (Å²) in [6.45, 7) is 1.72. The Hall–Kier alpha value is -3.81. The second-order valence-electron chi connectivity index (χ2n) is 8.16. The number of rotatable bonds is 6. The van der Waals surface area contributed by atoms with Crippen molar-refractivity contribution in [1.29, 1.82) is 0 Å². The van der Waals surface area contributed by atoms with Gasteiger partial charge >= 0.3 is 0 Å². The maximum Gasteiger partial charge on any atom is 0.272 e. The number of fused-ring (bicyclic) bond motifs is 1. The van der Waals surface area contributed by atoms with Crippen molar-refractivity contribution in [3.8, 4) is 0 Å². The second kappa shape index (κ2) is 8.74. The van der Waals surface area contributed by atoms with Gasteiger partial charge in [-0.15, -0.1) is 0 Å². The van der Waals surface area contributed by atoms with Crippen LogP contribution in [0.2, 0.25) is 0 Å². The first kappa shape index (κ1) is 20.1. The SMILES string of the molecule is O=C(NCc1ccco1)c1cc(C2CCN(C(=O)Cc3c[nH]c4ccccc34)CC2)[nH]n1. The summed E-state index contributed by atoms with van der Waals surface area (Å²) in [6.07, 6.45) is 5.59. The lowest BCUT2D eigenvalue weighted by Gasteiger charge is -2.31. The van der Waals surface area contributed by atoms with Gasteiger partial charge in [0.1, 0.15) is 11.5 Å².